The largest absolute Gasteiger partial charge is 0.460 e. The number of alkyl halides is 19. The highest BCUT2D eigenvalue weighted by molar-refractivity contribution is 5.16. The van der Waals surface area contributed by atoms with E-state index in [2.05, 4.69) is 5.73 Å². The van der Waals surface area contributed by atoms with Crippen LogP contribution in [0.4, 0.5) is 83.4 Å². The van der Waals surface area contributed by atoms with Crippen LogP contribution in [-0.4, -0.2) is 66.8 Å². The molecule has 0 atom stereocenters. The van der Waals surface area contributed by atoms with E-state index in [0.29, 0.717) is 0 Å². The van der Waals surface area contributed by atoms with Gasteiger partial charge in [-0.25, -0.2) is 0 Å². The standard InChI is InChI=1S/C11H7F19N2/c12-3(13,4(14,15)6(18,19)8(22,23)10(26,27)28)5(16,17)7(20,21)9(24,25)11(29,30)32-2-1-31/h32H,1-2,31H2. The molecule has 32 heavy (non-hydrogen) atoms. The lowest BCUT2D eigenvalue weighted by atomic mass is 9.88. The van der Waals surface area contributed by atoms with E-state index in [4.69, 9.17) is 0 Å². The summed E-state index contributed by atoms with van der Waals surface area (Å²) in [6.45, 7) is -2.78. The lowest BCUT2D eigenvalue weighted by molar-refractivity contribution is -0.469. The predicted octanol–water partition coefficient (Wildman–Crippen LogP) is 5.14. The highest BCUT2D eigenvalue weighted by Gasteiger charge is 2.96. The van der Waals surface area contributed by atoms with E-state index in [1.807, 2.05) is 0 Å². The Kier molecular flexibility index (Phi) is 7.48. The summed E-state index contributed by atoms with van der Waals surface area (Å²) in [5, 5.41) is 0.0208. The first-order valence-corrected chi connectivity index (χ1v) is 7.10. The van der Waals surface area contributed by atoms with E-state index < -0.39 is 66.8 Å². The molecule has 2 nitrogen and oxygen atoms in total. The Morgan fingerprint density at radius 2 is 0.656 bits per heavy atom. The van der Waals surface area contributed by atoms with Gasteiger partial charge in [-0.15, -0.1) is 0 Å². The molecule has 0 rings (SSSR count). The third-order valence-electron chi connectivity index (χ3n) is 3.61. The molecule has 0 saturated heterocycles. The van der Waals surface area contributed by atoms with Gasteiger partial charge < -0.3 is 5.73 Å². The Labute approximate surface area is 162 Å². The molecule has 0 aliphatic rings. The lowest BCUT2D eigenvalue weighted by Gasteiger charge is -2.43. The van der Waals surface area contributed by atoms with Crippen LogP contribution in [0.5, 0.6) is 0 Å². The second-order valence-corrected chi connectivity index (χ2v) is 5.81. The molecule has 0 amide bonds. The van der Waals surface area contributed by atoms with Crippen molar-refractivity contribution in [2.75, 3.05) is 13.1 Å². The average molecular weight is 528 g/mol. The molecule has 0 aliphatic carbocycles. The van der Waals surface area contributed by atoms with Gasteiger partial charge in [-0.3, -0.25) is 5.32 Å². The Bertz CT molecular complexity index is 663. The van der Waals surface area contributed by atoms with Gasteiger partial charge in [0.2, 0.25) is 0 Å². The van der Waals surface area contributed by atoms with E-state index in [1.54, 1.807) is 0 Å². The zero-order chi connectivity index (χ0) is 26.6. The van der Waals surface area contributed by atoms with E-state index in [0.717, 1.165) is 0 Å². The molecular formula is C11H7F19N2. The molecule has 0 spiro atoms. The van der Waals surface area contributed by atoms with Crippen molar-refractivity contribution < 1.29 is 83.4 Å². The molecule has 0 unspecified atom stereocenters. The number of nitrogens with two attached hydrogens (primary N) is 1. The maximum atomic E-state index is 13.3. The van der Waals surface area contributed by atoms with Crippen LogP contribution in [0.2, 0.25) is 0 Å². The maximum absolute atomic E-state index is 13.3. The molecule has 0 aromatic heterocycles. The van der Waals surface area contributed by atoms with Crippen LogP contribution in [0.3, 0.4) is 0 Å². The summed E-state index contributed by atoms with van der Waals surface area (Å²) in [5.74, 6) is -59.9. The average Bonchev–Trinajstić information content (AvgIpc) is 2.57. The smallest absolute Gasteiger partial charge is 0.329 e. The Morgan fingerprint density at radius 3 is 0.906 bits per heavy atom. The first-order chi connectivity index (χ1) is 13.6. The van der Waals surface area contributed by atoms with E-state index >= 15 is 0 Å². The Hall–Kier alpha value is -1.41. The van der Waals surface area contributed by atoms with Gasteiger partial charge in [-0.1, -0.05) is 0 Å². The van der Waals surface area contributed by atoms with Crippen molar-refractivity contribution in [3.63, 3.8) is 0 Å². The number of nitrogens with one attached hydrogen (secondary N) is 1. The molecule has 0 aromatic rings. The fraction of sp³-hybridized carbons (Fsp3) is 1.00. The third-order valence-corrected chi connectivity index (χ3v) is 3.61. The van der Waals surface area contributed by atoms with Gasteiger partial charge in [0.1, 0.15) is 0 Å². The fourth-order valence-corrected chi connectivity index (χ4v) is 1.70. The van der Waals surface area contributed by atoms with Gasteiger partial charge in [-0.2, -0.15) is 83.4 Å². The Morgan fingerprint density at radius 1 is 0.406 bits per heavy atom. The molecule has 0 aliphatic heterocycles. The summed E-state index contributed by atoms with van der Waals surface area (Å²) in [6, 6.07) is -6.71. The quantitative estimate of drug-likeness (QED) is 0.305. The topological polar surface area (TPSA) is 38.0 Å². The van der Waals surface area contributed by atoms with Crippen molar-refractivity contribution in [2.24, 2.45) is 5.73 Å². The number of hydrogen-bond donors (Lipinski definition) is 2. The second kappa shape index (κ2) is 7.83. The summed E-state index contributed by atoms with van der Waals surface area (Å²) in [6.07, 6.45) is -7.89. The third kappa shape index (κ3) is 3.81. The monoisotopic (exact) mass is 528 g/mol. The normalized spacial score (nSPS) is 16.5. The van der Waals surface area contributed by atoms with Crippen molar-refractivity contribution in [3.05, 3.63) is 0 Å². The summed E-state index contributed by atoms with van der Waals surface area (Å²) >= 11 is 0. The van der Waals surface area contributed by atoms with Crippen LogP contribution in [-0.2, 0) is 0 Å². The van der Waals surface area contributed by atoms with Crippen LogP contribution in [0, 0.1) is 0 Å². The molecule has 0 fully saturated rings. The first-order valence-electron chi connectivity index (χ1n) is 7.10. The van der Waals surface area contributed by atoms with Crippen molar-refractivity contribution in [2.45, 2.75) is 53.7 Å². The molecule has 0 heterocycles. The SMILES string of the molecule is NCCNC(F)(F)C(F)(F)C(F)(F)C(F)(F)C(F)(F)C(F)(F)C(F)(F)C(F)(F)C(F)(F)F. The minimum Gasteiger partial charge on any atom is -0.329 e. The predicted molar refractivity (Wildman–Crippen MR) is 62.7 cm³/mol. The second-order valence-electron chi connectivity index (χ2n) is 5.81. The number of rotatable bonds is 10. The van der Waals surface area contributed by atoms with Gasteiger partial charge in [0.25, 0.3) is 0 Å². The highest BCUT2D eigenvalue weighted by Crippen LogP contribution is 2.64. The molecule has 0 radical (unpaired) electrons. The van der Waals surface area contributed by atoms with Gasteiger partial charge >= 0.3 is 53.7 Å². The molecule has 0 bridgehead atoms. The van der Waals surface area contributed by atoms with Gasteiger partial charge in [0, 0.05) is 13.1 Å². The van der Waals surface area contributed by atoms with E-state index in [-0.39, 0.29) is 5.32 Å². The number of hydrogen-bond acceptors (Lipinski definition) is 2. The first kappa shape index (κ1) is 30.6. The minimum atomic E-state index is -8.91. The van der Waals surface area contributed by atoms with Crippen molar-refractivity contribution in [1.82, 2.24) is 5.32 Å². The van der Waals surface area contributed by atoms with E-state index in [1.165, 1.54) is 0 Å². The van der Waals surface area contributed by atoms with E-state index in [9.17, 15) is 83.4 Å². The van der Waals surface area contributed by atoms with Crippen molar-refractivity contribution in [1.29, 1.82) is 0 Å². The number of halogens is 19. The molecule has 0 saturated carbocycles. The molecular weight excluding hydrogens is 521 g/mol. The van der Waals surface area contributed by atoms with Crippen LogP contribution in [0.25, 0.3) is 0 Å². The van der Waals surface area contributed by atoms with Gasteiger partial charge in [0.15, 0.2) is 0 Å². The lowest BCUT2D eigenvalue weighted by Crippen LogP contribution is -2.76. The maximum Gasteiger partial charge on any atom is 0.460 e. The summed E-state index contributed by atoms with van der Waals surface area (Å²) < 4.78 is 246. The zero-order valence-electron chi connectivity index (χ0n) is 14.2. The Balaban J connectivity index is 6.79. The summed E-state index contributed by atoms with van der Waals surface area (Å²) in [7, 11) is 0. The van der Waals surface area contributed by atoms with Crippen molar-refractivity contribution in [3.8, 4) is 0 Å². The zero-order valence-corrected chi connectivity index (χ0v) is 14.2. The minimum absolute atomic E-state index is 0.0208. The van der Waals surface area contributed by atoms with Gasteiger partial charge in [-0.05, 0) is 0 Å². The van der Waals surface area contributed by atoms with Crippen LogP contribution in [0.1, 0.15) is 0 Å². The van der Waals surface area contributed by atoms with Crippen LogP contribution in [0.15, 0.2) is 0 Å². The summed E-state index contributed by atoms with van der Waals surface area (Å²) in [5.41, 5.74) is 4.48. The molecule has 0 aromatic carbocycles. The van der Waals surface area contributed by atoms with Crippen LogP contribution >= 0.6 is 0 Å². The molecule has 194 valence electrons. The van der Waals surface area contributed by atoms with Gasteiger partial charge in [0.05, 0.1) is 0 Å². The fourth-order valence-electron chi connectivity index (χ4n) is 1.70. The highest BCUT2D eigenvalue weighted by atomic mass is 19.4. The molecule has 3 N–H and O–H groups in total. The summed E-state index contributed by atoms with van der Waals surface area (Å²) in [4.78, 5) is 0. The van der Waals surface area contributed by atoms with Crippen molar-refractivity contribution >= 4 is 0 Å². The van der Waals surface area contributed by atoms with Crippen LogP contribution < -0.4 is 11.1 Å². The molecule has 21 heteroatoms.